The van der Waals surface area contributed by atoms with Gasteiger partial charge in [-0.15, -0.1) is 12.4 Å². The van der Waals surface area contributed by atoms with Crippen LogP contribution in [0.2, 0.25) is 0 Å². The van der Waals surface area contributed by atoms with Gasteiger partial charge in [-0.25, -0.2) is 0 Å². The number of unbranched alkanes of at least 4 members (excludes halogenated alkanes) is 1. The van der Waals surface area contributed by atoms with Crippen molar-refractivity contribution in [3.05, 3.63) is 35.4 Å². The van der Waals surface area contributed by atoms with Gasteiger partial charge in [0.05, 0.1) is 11.1 Å². The monoisotopic (exact) mass is 405 g/mol. The van der Waals surface area contributed by atoms with Crippen LogP contribution in [0.25, 0.3) is 0 Å². The number of piperidine rings is 1. The van der Waals surface area contributed by atoms with Crippen molar-refractivity contribution in [1.29, 1.82) is 0 Å². The lowest BCUT2D eigenvalue weighted by atomic mass is 9.89. The summed E-state index contributed by atoms with van der Waals surface area (Å²) in [4.78, 5) is 38.1. The van der Waals surface area contributed by atoms with Gasteiger partial charge in [-0.05, 0) is 56.6 Å². The van der Waals surface area contributed by atoms with Crippen LogP contribution < -0.4 is 10.6 Å². The molecule has 0 aliphatic carbocycles. The highest BCUT2D eigenvalue weighted by Crippen LogP contribution is 2.32. The number of carbonyl (C=O) groups excluding carboxylic acids is 3. The molecule has 4 rings (SSSR count). The van der Waals surface area contributed by atoms with E-state index in [1.807, 2.05) is 0 Å². The Bertz CT molecular complexity index is 707. The molecule has 28 heavy (non-hydrogen) atoms. The van der Waals surface area contributed by atoms with E-state index in [2.05, 4.69) is 10.6 Å². The minimum Gasteiger partial charge on any atom is -0.356 e. The highest BCUT2D eigenvalue weighted by Gasteiger charge is 2.35. The van der Waals surface area contributed by atoms with Crippen LogP contribution in [0.4, 0.5) is 0 Å². The summed E-state index contributed by atoms with van der Waals surface area (Å²) in [7, 11) is 0. The van der Waals surface area contributed by atoms with Crippen molar-refractivity contribution in [2.45, 2.75) is 57.0 Å². The summed E-state index contributed by atoms with van der Waals surface area (Å²) >= 11 is 0. The Morgan fingerprint density at radius 3 is 2.25 bits per heavy atom. The van der Waals surface area contributed by atoms with E-state index >= 15 is 0 Å². The van der Waals surface area contributed by atoms with E-state index in [0.29, 0.717) is 55.1 Å². The summed E-state index contributed by atoms with van der Waals surface area (Å²) in [5.74, 6) is 0.212. The minimum atomic E-state index is -0.208. The Kier molecular flexibility index (Phi) is 6.73. The first-order valence-corrected chi connectivity index (χ1v) is 10.1. The molecule has 0 radical (unpaired) electrons. The van der Waals surface area contributed by atoms with Gasteiger partial charge in [-0.2, -0.15) is 0 Å². The molecule has 152 valence electrons. The predicted octanol–water partition coefficient (Wildman–Crippen LogP) is 2.52. The molecule has 3 heterocycles. The molecule has 0 aromatic heterocycles. The Balaban J connectivity index is 0.00000225. The average molecular weight is 406 g/mol. The van der Waals surface area contributed by atoms with Crippen LogP contribution in [-0.2, 0) is 4.79 Å². The number of rotatable bonds is 7. The fourth-order valence-corrected chi connectivity index (χ4v) is 4.74. The predicted molar refractivity (Wildman–Crippen MR) is 109 cm³/mol. The number of hydrogen-bond donors (Lipinski definition) is 2. The summed E-state index contributed by atoms with van der Waals surface area (Å²) in [6, 6.07) is 8.17. The number of nitrogens with one attached hydrogen (secondary N) is 2. The number of amides is 3. The molecular weight excluding hydrogens is 378 g/mol. The number of imide groups is 1. The third-order valence-corrected chi connectivity index (χ3v) is 6.05. The summed E-state index contributed by atoms with van der Waals surface area (Å²) in [6.07, 6.45) is 6.81. The number of halogens is 1. The fraction of sp³-hybridized carbons (Fsp3) is 0.571. The van der Waals surface area contributed by atoms with E-state index in [4.69, 9.17) is 0 Å². The molecule has 2 atom stereocenters. The van der Waals surface area contributed by atoms with Gasteiger partial charge in [0.25, 0.3) is 11.8 Å². The van der Waals surface area contributed by atoms with Crippen LogP contribution in [0.5, 0.6) is 0 Å². The zero-order chi connectivity index (χ0) is 18.8. The molecule has 2 unspecified atom stereocenters. The number of fused-ring (bicyclic) bond motifs is 3. The Labute approximate surface area is 171 Å². The molecule has 3 aliphatic heterocycles. The maximum Gasteiger partial charge on any atom is 0.261 e. The van der Waals surface area contributed by atoms with Gasteiger partial charge in [0, 0.05) is 31.6 Å². The normalized spacial score (nSPS) is 25.4. The first-order chi connectivity index (χ1) is 13.1. The van der Waals surface area contributed by atoms with Gasteiger partial charge in [0.1, 0.15) is 0 Å². The van der Waals surface area contributed by atoms with Crippen LogP contribution in [-0.4, -0.2) is 47.8 Å². The molecule has 0 spiro atoms. The molecule has 2 N–H and O–H groups in total. The molecule has 1 aromatic carbocycles. The number of hydrogen-bond acceptors (Lipinski definition) is 4. The quantitative estimate of drug-likeness (QED) is 0.539. The lowest BCUT2D eigenvalue weighted by Gasteiger charge is -2.28. The van der Waals surface area contributed by atoms with E-state index < -0.39 is 0 Å². The van der Waals surface area contributed by atoms with Crippen LogP contribution in [0.15, 0.2) is 24.3 Å². The standard InChI is InChI=1S/C21H27N3O3.ClH/c25-19(13-14-11-15-7-8-16(12-14)23-15)22-9-3-4-10-24-20(26)17-5-1-2-6-18(17)21(24)27;/h1-2,5-6,14-16,23H,3-4,7-13H2,(H,22,25);1H. The molecule has 2 bridgehead atoms. The summed E-state index contributed by atoms with van der Waals surface area (Å²) in [5.41, 5.74) is 0.985. The maximum atomic E-state index is 12.3. The number of carbonyl (C=O) groups is 3. The van der Waals surface area contributed by atoms with Crippen molar-refractivity contribution >= 4 is 30.1 Å². The lowest BCUT2D eigenvalue weighted by molar-refractivity contribution is -0.122. The molecule has 1 aromatic rings. The first kappa shape index (κ1) is 20.8. The Morgan fingerprint density at radius 2 is 1.64 bits per heavy atom. The molecule has 0 saturated carbocycles. The van der Waals surface area contributed by atoms with Crippen LogP contribution in [0.3, 0.4) is 0 Å². The highest BCUT2D eigenvalue weighted by atomic mass is 35.5. The van der Waals surface area contributed by atoms with Crippen molar-refractivity contribution in [2.75, 3.05) is 13.1 Å². The minimum absolute atomic E-state index is 0. The maximum absolute atomic E-state index is 12.3. The second-order valence-electron chi connectivity index (χ2n) is 8.04. The average Bonchev–Trinajstić information content (AvgIpc) is 3.13. The SMILES string of the molecule is Cl.O=C(CC1CC2CCC(C1)N2)NCCCCN1C(=O)c2ccccc2C1=O. The van der Waals surface area contributed by atoms with E-state index in [1.165, 1.54) is 17.7 Å². The summed E-state index contributed by atoms with van der Waals surface area (Å²) in [5, 5.41) is 6.60. The first-order valence-electron chi connectivity index (χ1n) is 10.1. The molecule has 2 saturated heterocycles. The van der Waals surface area contributed by atoms with E-state index in [-0.39, 0.29) is 30.1 Å². The van der Waals surface area contributed by atoms with Crippen molar-refractivity contribution in [1.82, 2.24) is 15.5 Å². The second-order valence-corrected chi connectivity index (χ2v) is 8.04. The van der Waals surface area contributed by atoms with Gasteiger partial charge in [0.15, 0.2) is 0 Å². The van der Waals surface area contributed by atoms with Crippen LogP contribution in [0.1, 0.15) is 65.7 Å². The van der Waals surface area contributed by atoms with Gasteiger partial charge >= 0.3 is 0 Å². The van der Waals surface area contributed by atoms with Gasteiger partial charge in [0.2, 0.25) is 5.91 Å². The molecule has 3 aliphatic rings. The number of nitrogens with zero attached hydrogens (tertiary/aromatic N) is 1. The Morgan fingerprint density at radius 1 is 1.04 bits per heavy atom. The molecule has 6 nitrogen and oxygen atoms in total. The fourth-order valence-electron chi connectivity index (χ4n) is 4.74. The van der Waals surface area contributed by atoms with Crippen molar-refractivity contribution < 1.29 is 14.4 Å². The zero-order valence-electron chi connectivity index (χ0n) is 16.0. The lowest BCUT2D eigenvalue weighted by Crippen LogP contribution is -2.39. The number of benzene rings is 1. The third kappa shape index (κ3) is 4.39. The molecular formula is C21H28ClN3O3. The summed E-state index contributed by atoms with van der Waals surface area (Å²) < 4.78 is 0. The highest BCUT2D eigenvalue weighted by molar-refractivity contribution is 6.21. The van der Waals surface area contributed by atoms with Gasteiger partial charge < -0.3 is 10.6 Å². The van der Waals surface area contributed by atoms with Gasteiger partial charge in [-0.1, -0.05) is 12.1 Å². The van der Waals surface area contributed by atoms with Crippen molar-refractivity contribution in [3.63, 3.8) is 0 Å². The topological polar surface area (TPSA) is 78.5 Å². The van der Waals surface area contributed by atoms with E-state index in [9.17, 15) is 14.4 Å². The Hall–Kier alpha value is -1.92. The van der Waals surface area contributed by atoms with E-state index in [0.717, 1.165) is 19.3 Å². The van der Waals surface area contributed by atoms with Crippen LogP contribution >= 0.6 is 12.4 Å². The third-order valence-electron chi connectivity index (χ3n) is 6.05. The smallest absolute Gasteiger partial charge is 0.261 e. The molecule has 7 heteroatoms. The molecule has 2 fully saturated rings. The van der Waals surface area contributed by atoms with Crippen LogP contribution in [0, 0.1) is 5.92 Å². The zero-order valence-corrected chi connectivity index (χ0v) is 16.8. The van der Waals surface area contributed by atoms with Crippen molar-refractivity contribution in [3.8, 4) is 0 Å². The van der Waals surface area contributed by atoms with Gasteiger partial charge in [-0.3, -0.25) is 19.3 Å². The molecule has 3 amide bonds. The van der Waals surface area contributed by atoms with E-state index in [1.54, 1.807) is 24.3 Å². The summed E-state index contributed by atoms with van der Waals surface area (Å²) in [6.45, 7) is 1.000. The largest absolute Gasteiger partial charge is 0.356 e. The second kappa shape index (κ2) is 9.05. The van der Waals surface area contributed by atoms with Crippen molar-refractivity contribution in [2.24, 2.45) is 5.92 Å².